The standard InChI is InChI=1S/C19H27N5O2/c1-21-10-16(9-20-21)11-22-12-17-5-4-8-24(17)14-18(13-22)26-15-19(25)23-6-2-3-7-23/h4-5,8-10,18H,2-3,6-7,11-15H2,1H3. The number of carbonyl (C=O) groups is 1. The van der Waals surface area contributed by atoms with Gasteiger partial charge in [-0.15, -0.1) is 0 Å². The van der Waals surface area contributed by atoms with Gasteiger partial charge in [0.1, 0.15) is 6.61 Å². The summed E-state index contributed by atoms with van der Waals surface area (Å²) in [7, 11) is 1.94. The Bertz CT molecular complexity index is 747. The van der Waals surface area contributed by atoms with Crippen molar-refractivity contribution in [1.82, 2.24) is 24.1 Å². The average Bonchev–Trinajstić information content (AvgIpc) is 3.35. The van der Waals surface area contributed by atoms with Gasteiger partial charge in [0.25, 0.3) is 0 Å². The monoisotopic (exact) mass is 357 g/mol. The Morgan fingerprint density at radius 2 is 2.15 bits per heavy atom. The van der Waals surface area contributed by atoms with Gasteiger partial charge >= 0.3 is 0 Å². The Hall–Kier alpha value is -2.12. The van der Waals surface area contributed by atoms with Gasteiger partial charge in [0.2, 0.25) is 5.91 Å². The molecular weight excluding hydrogens is 330 g/mol. The van der Waals surface area contributed by atoms with E-state index in [2.05, 4.69) is 39.1 Å². The highest BCUT2D eigenvalue weighted by molar-refractivity contribution is 5.77. The predicted molar refractivity (Wildman–Crippen MR) is 97.3 cm³/mol. The molecule has 7 nitrogen and oxygen atoms in total. The third-order valence-corrected chi connectivity index (χ3v) is 5.24. The van der Waals surface area contributed by atoms with Crippen LogP contribution < -0.4 is 0 Å². The van der Waals surface area contributed by atoms with Crippen LogP contribution in [0.5, 0.6) is 0 Å². The quantitative estimate of drug-likeness (QED) is 0.808. The number of nitrogens with zero attached hydrogens (tertiary/aromatic N) is 5. The van der Waals surface area contributed by atoms with Gasteiger partial charge in [-0.2, -0.15) is 5.10 Å². The van der Waals surface area contributed by atoms with Crippen LogP contribution >= 0.6 is 0 Å². The molecule has 2 aromatic heterocycles. The topological polar surface area (TPSA) is 55.5 Å². The van der Waals surface area contributed by atoms with Gasteiger partial charge in [-0.05, 0) is 25.0 Å². The molecule has 0 saturated carbocycles. The van der Waals surface area contributed by atoms with Crippen LogP contribution in [0.2, 0.25) is 0 Å². The van der Waals surface area contributed by atoms with Crippen molar-refractivity contribution in [2.75, 3.05) is 26.2 Å². The van der Waals surface area contributed by atoms with Crippen molar-refractivity contribution in [3.8, 4) is 0 Å². The normalized spacial score (nSPS) is 21.0. The Morgan fingerprint density at radius 3 is 2.92 bits per heavy atom. The van der Waals surface area contributed by atoms with Crippen molar-refractivity contribution in [2.45, 2.75) is 38.6 Å². The number of fused-ring (bicyclic) bond motifs is 1. The van der Waals surface area contributed by atoms with E-state index in [1.807, 2.05) is 22.8 Å². The van der Waals surface area contributed by atoms with E-state index in [-0.39, 0.29) is 18.6 Å². The first-order valence-electron chi connectivity index (χ1n) is 9.40. The van der Waals surface area contributed by atoms with E-state index in [0.29, 0.717) is 0 Å². The minimum atomic E-state index is 0.00637. The molecule has 0 aliphatic carbocycles. The molecule has 1 unspecified atom stereocenters. The van der Waals surface area contributed by atoms with Crippen LogP contribution in [0.3, 0.4) is 0 Å². The summed E-state index contributed by atoms with van der Waals surface area (Å²) in [4.78, 5) is 16.6. The molecular formula is C19H27N5O2. The molecule has 1 amide bonds. The molecule has 4 rings (SSSR count). The second-order valence-electron chi connectivity index (χ2n) is 7.36. The summed E-state index contributed by atoms with van der Waals surface area (Å²) in [5.74, 6) is 0.123. The predicted octanol–water partition coefficient (Wildman–Crippen LogP) is 1.24. The third kappa shape index (κ3) is 3.99. The Kier molecular flexibility index (Phi) is 5.08. The van der Waals surface area contributed by atoms with Gasteiger partial charge in [-0.25, -0.2) is 0 Å². The fraction of sp³-hybridized carbons (Fsp3) is 0.579. The fourth-order valence-corrected chi connectivity index (χ4v) is 3.91. The molecule has 2 aromatic rings. The van der Waals surface area contributed by atoms with E-state index in [9.17, 15) is 4.79 Å². The number of hydrogen-bond donors (Lipinski definition) is 0. The van der Waals surface area contributed by atoms with Gasteiger partial charge in [-0.1, -0.05) is 0 Å². The molecule has 140 valence electrons. The smallest absolute Gasteiger partial charge is 0.248 e. The van der Waals surface area contributed by atoms with Crippen molar-refractivity contribution in [2.24, 2.45) is 7.05 Å². The van der Waals surface area contributed by atoms with Crippen LogP contribution in [0.25, 0.3) is 0 Å². The van der Waals surface area contributed by atoms with Crippen molar-refractivity contribution >= 4 is 5.91 Å². The van der Waals surface area contributed by atoms with E-state index < -0.39 is 0 Å². The molecule has 0 bridgehead atoms. The highest BCUT2D eigenvalue weighted by Gasteiger charge is 2.25. The summed E-state index contributed by atoms with van der Waals surface area (Å²) in [6, 6.07) is 4.24. The Morgan fingerprint density at radius 1 is 1.31 bits per heavy atom. The zero-order valence-corrected chi connectivity index (χ0v) is 15.4. The summed E-state index contributed by atoms with van der Waals surface area (Å²) in [5, 5.41) is 4.27. The molecule has 0 aromatic carbocycles. The number of rotatable bonds is 5. The second-order valence-corrected chi connectivity index (χ2v) is 7.36. The van der Waals surface area contributed by atoms with Gasteiger partial charge < -0.3 is 14.2 Å². The van der Waals surface area contributed by atoms with Crippen LogP contribution in [-0.2, 0) is 36.2 Å². The van der Waals surface area contributed by atoms with Crippen molar-refractivity contribution in [3.63, 3.8) is 0 Å². The zero-order chi connectivity index (χ0) is 17.9. The number of amides is 1. The minimum Gasteiger partial charge on any atom is -0.365 e. The van der Waals surface area contributed by atoms with Gasteiger partial charge in [0.05, 0.1) is 12.3 Å². The lowest BCUT2D eigenvalue weighted by atomic mass is 10.2. The van der Waals surface area contributed by atoms with Crippen molar-refractivity contribution in [3.05, 3.63) is 42.0 Å². The summed E-state index contributed by atoms with van der Waals surface area (Å²) >= 11 is 0. The highest BCUT2D eigenvalue weighted by atomic mass is 16.5. The van der Waals surface area contributed by atoms with E-state index in [4.69, 9.17) is 4.74 Å². The van der Waals surface area contributed by atoms with Crippen LogP contribution in [0.1, 0.15) is 24.1 Å². The molecule has 4 heterocycles. The SMILES string of the molecule is Cn1cc(CN2Cc3cccn3CC(OCC(=O)N3CCCC3)C2)cn1. The van der Waals surface area contributed by atoms with Gasteiger partial charge in [-0.3, -0.25) is 14.4 Å². The van der Waals surface area contributed by atoms with Crippen molar-refractivity contribution < 1.29 is 9.53 Å². The maximum Gasteiger partial charge on any atom is 0.248 e. The first-order chi connectivity index (χ1) is 12.7. The zero-order valence-electron chi connectivity index (χ0n) is 15.4. The van der Waals surface area contributed by atoms with E-state index >= 15 is 0 Å². The van der Waals surface area contributed by atoms with Crippen LogP contribution in [0.15, 0.2) is 30.7 Å². The summed E-state index contributed by atoms with van der Waals surface area (Å²) < 4.78 is 10.1. The lowest BCUT2D eigenvalue weighted by Crippen LogP contribution is -2.37. The number of hydrogen-bond acceptors (Lipinski definition) is 4. The third-order valence-electron chi connectivity index (χ3n) is 5.24. The molecule has 2 aliphatic rings. The highest BCUT2D eigenvalue weighted by Crippen LogP contribution is 2.18. The number of aryl methyl sites for hydroxylation is 1. The Balaban J connectivity index is 1.41. The lowest BCUT2D eigenvalue weighted by Gasteiger charge is -2.24. The molecule has 0 radical (unpaired) electrons. The van der Waals surface area contributed by atoms with Crippen LogP contribution in [0, 0.1) is 0 Å². The largest absolute Gasteiger partial charge is 0.365 e. The molecule has 1 saturated heterocycles. The maximum atomic E-state index is 12.3. The first kappa shape index (κ1) is 17.3. The van der Waals surface area contributed by atoms with E-state index in [0.717, 1.165) is 52.1 Å². The Labute approximate surface area is 154 Å². The minimum absolute atomic E-state index is 0.00637. The summed E-state index contributed by atoms with van der Waals surface area (Å²) in [6.07, 6.45) is 8.29. The molecule has 7 heteroatoms. The molecule has 0 N–H and O–H groups in total. The van der Waals surface area contributed by atoms with E-state index in [1.165, 1.54) is 11.3 Å². The van der Waals surface area contributed by atoms with Crippen LogP contribution in [-0.4, -0.2) is 62.4 Å². The molecule has 0 spiro atoms. The number of aromatic nitrogens is 3. The second kappa shape index (κ2) is 7.63. The van der Waals surface area contributed by atoms with Gasteiger partial charge in [0.15, 0.2) is 0 Å². The fourth-order valence-electron chi connectivity index (χ4n) is 3.91. The van der Waals surface area contributed by atoms with Crippen LogP contribution in [0.4, 0.5) is 0 Å². The summed E-state index contributed by atoms with van der Waals surface area (Å²) in [5.41, 5.74) is 2.48. The van der Waals surface area contributed by atoms with E-state index in [1.54, 1.807) is 0 Å². The number of likely N-dealkylation sites (tertiary alicyclic amines) is 1. The van der Waals surface area contributed by atoms with Crippen molar-refractivity contribution in [1.29, 1.82) is 0 Å². The first-order valence-corrected chi connectivity index (χ1v) is 9.40. The lowest BCUT2D eigenvalue weighted by molar-refractivity contribution is -0.137. The number of carbonyl (C=O) groups excluding carboxylic acids is 1. The van der Waals surface area contributed by atoms with Gasteiger partial charge in [0, 0.05) is 70.0 Å². The molecule has 26 heavy (non-hydrogen) atoms. The average molecular weight is 357 g/mol. The molecule has 1 fully saturated rings. The molecule has 2 aliphatic heterocycles. The maximum absolute atomic E-state index is 12.3. The molecule has 1 atom stereocenters. The number of ether oxygens (including phenoxy) is 1. The summed E-state index contributed by atoms with van der Waals surface area (Å²) in [6.45, 7) is 5.25.